The maximum Gasteiger partial charge on any atom is 0.422 e. The van der Waals surface area contributed by atoms with Crippen molar-refractivity contribution in [1.29, 1.82) is 0 Å². The zero-order chi connectivity index (χ0) is 9.19. The van der Waals surface area contributed by atoms with Crippen molar-refractivity contribution >= 4 is 6.09 Å². The van der Waals surface area contributed by atoms with Crippen LogP contribution in [0.3, 0.4) is 0 Å². The van der Waals surface area contributed by atoms with E-state index in [0.29, 0.717) is 0 Å². The van der Waals surface area contributed by atoms with E-state index in [2.05, 4.69) is 0 Å². The summed E-state index contributed by atoms with van der Waals surface area (Å²) >= 11 is 0. The summed E-state index contributed by atoms with van der Waals surface area (Å²) in [4.78, 5) is 10.6. The zero-order valence-corrected chi connectivity index (χ0v) is 7.42. The third kappa shape index (κ3) is 1.69. The van der Waals surface area contributed by atoms with E-state index in [1.165, 1.54) is 6.42 Å². The third-order valence-electron chi connectivity index (χ3n) is 2.72. The Bertz CT molecular complexity index is 176. The van der Waals surface area contributed by atoms with Gasteiger partial charge in [0, 0.05) is 0 Å². The molecule has 0 spiro atoms. The molecule has 1 aliphatic carbocycles. The molecular formula is C8H16N2O2. The van der Waals surface area contributed by atoms with Gasteiger partial charge in [0.25, 0.3) is 0 Å². The van der Waals surface area contributed by atoms with E-state index >= 15 is 0 Å². The molecule has 0 saturated heterocycles. The molecule has 1 fully saturated rings. The maximum atomic E-state index is 10.6. The monoisotopic (exact) mass is 172 g/mol. The highest BCUT2D eigenvalue weighted by Gasteiger charge is 2.34. The molecule has 1 amide bonds. The zero-order valence-electron chi connectivity index (χ0n) is 7.42. The van der Waals surface area contributed by atoms with Crippen molar-refractivity contribution in [2.45, 2.75) is 44.6 Å². The number of carbonyl (C=O) groups is 1. The SMILES string of the molecule is CC1(N(N)C(=O)O)CCCCC1. The Balaban J connectivity index is 2.62. The van der Waals surface area contributed by atoms with Crippen LogP contribution in [0.15, 0.2) is 0 Å². The normalized spacial score (nSPS) is 21.8. The van der Waals surface area contributed by atoms with Crippen molar-refractivity contribution in [3.8, 4) is 0 Å². The van der Waals surface area contributed by atoms with Crippen LogP contribution in [0.25, 0.3) is 0 Å². The van der Waals surface area contributed by atoms with Gasteiger partial charge in [-0.05, 0) is 19.8 Å². The largest absolute Gasteiger partial charge is 0.464 e. The van der Waals surface area contributed by atoms with Gasteiger partial charge in [-0.15, -0.1) is 0 Å². The highest BCUT2D eigenvalue weighted by atomic mass is 16.4. The molecule has 1 aliphatic rings. The van der Waals surface area contributed by atoms with E-state index in [1.807, 2.05) is 6.92 Å². The Labute approximate surface area is 72.3 Å². The maximum absolute atomic E-state index is 10.6. The number of nitrogens with two attached hydrogens (primary N) is 1. The molecule has 0 unspecified atom stereocenters. The van der Waals surface area contributed by atoms with Crippen molar-refractivity contribution < 1.29 is 9.90 Å². The van der Waals surface area contributed by atoms with Crippen molar-refractivity contribution in [1.82, 2.24) is 5.01 Å². The molecule has 3 N–H and O–H groups in total. The molecule has 1 rings (SSSR count). The second-order valence-corrected chi connectivity index (χ2v) is 3.71. The van der Waals surface area contributed by atoms with Crippen LogP contribution >= 0.6 is 0 Å². The van der Waals surface area contributed by atoms with Gasteiger partial charge in [0.15, 0.2) is 0 Å². The fourth-order valence-electron chi connectivity index (χ4n) is 1.79. The van der Waals surface area contributed by atoms with Gasteiger partial charge in [0.05, 0.1) is 5.54 Å². The van der Waals surface area contributed by atoms with Crippen LogP contribution in [0.5, 0.6) is 0 Å². The van der Waals surface area contributed by atoms with Gasteiger partial charge in [0.1, 0.15) is 0 Å². The average Bonchev–Trinajstić information content (AvgIpc) is 2.04. The van der Waals surface area contributed by atoms with E-state index in [1.54, 1.807) is 0 Å². The van der Waals surface area contributed by atoms with Gasteiger partial charge in [-0.3, -0.25) is 0 Å². The van der Waals surface area contributed by atoms with Gasteiger partial charge in [-0.1, -0.05) is 19.3 Å². The van der Waals surface area contributed by atoms with E-state index < -0.39 is 6.09 Å². The van der Waals surface area contributed by atoms with Gasteiger partial charge >= 0.3 is 6.09 Å². The molecule has 0 aliphatic heterocycles. The molecule has 12 heavy (non-hydrogen) atoms. The Morgan fingerprint density at radius 3 is 2.33 bits per heavy atom. The van der Waals surface area contributed by atoms with E-state index in [0.717, 1.165) is 30.7 Å². The first-order chi connectivity index (χ1) is 5.56. The van der Waals surface area contributed by atoms with Crippen LogP contribution < -0.4 is 5.84 Å². The predicted octanol–water partition coefficient (Wildman–Crippen LogP) is 1.56. The van der Waals surface area contributed by atoms with Crippen molar-refractivity contribution in [2.75, 3.05) is 0 Å². The Kier molecular flexibility index (Phi) is 2.57. The lowest BCUT2D eigenvalue weighted by Gasteiger charge is -2.39. The molecular weight excluding hydrogens is 156 g/mol. The molecule has 0 atom stereocenters. The quantitative estimate of drug-likeness (QED) is 0.358. The van der Waals surface area contributed by atoms with Gasteiger partial charge < -0.3 is 5.11 Å². The van der Waals surface area contributed by atoms with Crippen molar-refractivity contribution in [2.24, 2.45) is 5.84 Å². The Morgan fingerprint density at radius 1 is 1.42 bits per heavy atom. The topological polar surface area (TPSA) is 66.6 Å². The molecule has 0 radical (unpaired) electrons. The average molecular weight is 172 g/mol. The summed E-state index contributed by atoms with van der Waals surface area (Å²) in [5, 5.41) is 9.66. The molecule has 0 bridgehead atoms. The van der Waals surface area contributed by atoms with Gasteiger partial charge in [-0.2, -0.15) is 0 Å². The second-order valence-electron chi connectivity index (χ2n) is 3.71. The third-order valence-corrected chi connectivity index (χ3v) is 2.72. The summed E-state index contributed by atoms with van der Waals surface area (Å²) in [5.74, 6) is 5.46. The Morgan fingerprint density at radius 2 is 1.92 bits per heavy atom. The van der Waals surface area contributed by atoms with Crippen LogP contribution in [0.2, 0.25) is 0 Å². The number of carboxylic acid groups (broad SMARTS) is 1. The number of amides is 1. The summed E-state index contributed by atoms with van der Waals surface area (Å²) in [7, 11) is 0. The number of nitrogens with zero attached hydrogens (tertiary/aromatic N) is 1. The minimum absolute atomic E-state index is 0.329. The minimum atomic E-state index is -1.03. The first-order valence-electron chi connectivity index (χ1n) is 4.34. The molecule has 0 aromatic rings. The highest BCUT2D eigenvalue weighted by molar-refractivity contribution is 5.65. The van der Waals surface area contributed by atoms with Crippen LogP contribution in [0.1, 0.15) is 39.0 Å². The molecule has 4 heteroatoms. The van der Waals surface area contributed by atoms with Gasteiger partial charge in [0.2, 0.25) is 0 Å². The lowest BCUT2D eigenvalue weighted by atomic mass is 9.83. The van der Waals surface area contributed by atoms with Crippen molar-refractivity contribution in [3.63, 3.8) is 0 Å². The lowest BCUT2D eigenvalue weighted by molar-refractivity contribution is 0.0607. The van der Waals surface area contributed by atoms with E-state index in [9.17, 15) is 4.79 Å². The molecule has 1 saturated carbocycles. The molecule has 4 nitrogen and oxygen atoms in total. The molecule has 0 heterocycles. The van der Waals surface area contributed by atoms with Crippen LogP contribution in [-0.2, 0) is 0 Å². The number of hydrogen-bond acceptors (Lipinski definition) is 2. The van der Waals surface area contributed by atoms with Crippen LogP contribution in [-0.4, -0.2) is 21.7 Å². The smallest absolute Gasteiger partial charge is 0.422 e. The first-order valence-corrected chi connectivity index (χ1v) is 4.34. The molecule has 70 valence electrons. The fraction of sp³-hybridized carbons (Fsp3) is 0.875. The number of rotatable bonds is 1. The lowest BCUT2D eigenvalue weighted by Crippen LogP contribution is -2.54. The predicted molar refractivity (Wildman–Crippen MR) is 45.5 cm³/mol. The van der Waals surface area contributed by atoms with E-state index in [-0.39, 0.29) is 5.54 Å². The standard InChI is InChI=1S/C8H16N2O2/c1-8(10(9)7(11)12)5-3-2-4-6-8/h2-6,9H2,1H3,(H,11,12). The minimum Gasteiger partial charge on any atom is -0.464 e. The summed E-state index contributed by atoms with van der Waals surface area (Å²) in [6, 6.07) is 0. The summed E-state index contributed by atoms with van der Waals surface area (Å²) < 4.78 is 0. The second kappa shape index (κ2) is 3.31. The Hall–Kier alpha value is -0.770. The first kappa shape index (κ1) is 9.32. The summed E-state index contributed by atoms with van der Waals surface area (Å²) in [6.45, 7) is 1.92. The molecule has 0 aromatic heterocycles. The van der Waals surface area contributed by atoms with E-state index in [4.69, 9.17) is 10.9 Å². The fourth-order valence-corrected chi connectivity index (χ4v) is 1.79. The van der Waals surface area contributed by atoms with Crippen LogP contribution in [0, 0.1) is 0 Å². The number of hydrogen-bond donors (Lipinski definition) is 2. The molecule has 0 aromatic carbocycles. The summed E-state index contributed by atoms with van der Waals surface area (Å²) in [5.41, 5.74) is -0.329. The summed E-state index contributed by atoms with van der Waals surface area (Å²) in [6.07, 6.45) is 4.10. The van der Waals surface area contributed by atoms with Crippen LogP contribution in [0.4, 0.5) is 4.79 Å². The highest BCUT2D eigenvalue weighted by Crippen LogP contribution is 2.31. The number of hydrazine groups is 1. The van der Waals surface area contributed by atoms with Gasteiger partial charge in [-0.25, -0.2) is 15.6 Å². The van der Waals surface area contributed by atoms with Crippen molar-refractivity contribution in [3.05, 3.63) is 0 Å².